The second kappa shape index (κ2) is 5.91. The lowest BCUT2D eigenvalue weighted by molar-refractivity contribution is -0.150. The van der Waals surface area contributed by atoms with Crippen LogP contribution in [0.2, 0.25) is 0 Å². The Morgan fingerprint density at radius 2 is 1.93 bits per heavy atom. The van der Waals surface area contributed by atoms with Gasteiger partial charge in [-0.3, -0.25) is 0 Å². The Morgan fingerprint density at radius 3 is 2.33 bits per heavy atom. The predicted octanol–water partition coefficient (Wildman–Crippen LogP) is 2.23. The van der Waals surface area contributed by atoms with Crippen molar-refractivity contribution >= 4 is 5.97 Å². The zero-order chi connectivity index (χ0) is 12.1. The third kappa shape index (κ3) is 7.14. The average molecular weight is 213 g/mol. The van der Waals surface area contributed by atoms with Crippen molar-refractivity contribution in [2.45, 2.75) is 39.7 Å². The number of hydrogen-bond acceptors (Lipinski definition) is 3. The van der Waals surface area contributed by atoms with Gasteiger partial charge < -0.3 is 9.64 Å². The van der Waals surface area contributed by atoms with Crippen LogP contribution in [0.5, 0.6) is 0 Å². The molecule has 0 aliphatic rings. The van der Waals surface area contributed by atoms with Crippen LogP contribution >= 0.6 is 0 Å². The minimum absolute atomic E-state index is 0.301. The van der Waals surface area contributed by atoms with E-state index in [-0.39, 0.29) is 5.97 Å². The Morgan fingerprint density at radius 1 is 1.40 bits per heavy atom. The van der Waals surface area contributed by atoms with E-state index < -0.39 is 5.60 Å². The van der Waals surface area contributed by atoms with Gasteiger partial charge in [0.1, 0.15) is 5.60 Å². The summed E-state index contributed by atoms with van der Waals surface area (Å²) in [4.78, 5) is 13.6. The van der Waals surface area contributed by atoms with Crippen molar-refractivity contribution < 1.29 is 9.53 Å². The van der Waals surface area contributed by atoms with E-state index >= 15 is 0 Å². The van der Waals surface area contributed by atoms with Crippen LogP contribution in [0.3, 0.4) is 0 Å². The topological polar surface area (TPSA) is 29.5 Å². The fourth-order valence-corrected chi connectivity index (χ4v) is 1.20. The summed E-state index contributed by atoms with van der Waals surface area (Å²) in [7, 11) is 1.97. The first-order chi connectivity index (χ1) is 6.76. The van der Waals surface area contributed by atoms with E-state index in [1.165, 1.54) is 0 Å². The first kappa shape index (κ1) is 14.2. The SMILES string of the molecule is C=C(CN(C)CCC)C(=O)OC(C)(C)C. The minimum Gasteiger partial charge on any atom is -0.457 e. The van der Waals surface area contributed by atoms with E-state index in [9.17, 15) is 4.79 Å². The molecule has 15 heavy (non-hydrogen) atoms. The molecule has 0 atom stereocenters. The van der Waals surface area contributed by atoms with E-state index in [4.69, 9.17) is 4.74 Å². The Balaban J connectivity index is 4.06. The summed E-state index contributed by atoms with van der Waals surface area (Å²) in [5, 5.41) is 0. The van der Waals surface area contributed by atoms with Gasteiger partial charge in [-0.15, -0.1) is 0 Å². The maximum Gasteiger partial charge on any atom is 0.335 e. The van der Waals surface area contributed by atoms with E-state index in [2.05, 4.69) is 18.4 Å². The number of likely N-dealkylation sites (N-methyl/N-ethyl adjacent to an activating group) is 1. The number of rotatable bonds is 5. The highest BCUT2D eigenvalue weighted by atomic mass is 16.6. The van der Waals surface area contributed by atoms with Crippen molar-refractivity contribution in [3.05, 3.63) is 12.2 Å². The molecule has 0 unspecified atom stereocenters. The van der Waals surface area contributed by atoms with Gasteiger partial charge in [0.2, 0.25) is 0 Å². The van der Waals surface area contributed by atoms with Crippen LogP contribution in [-0.2, 0) is 9.53 Å². The van der Waals surface area contributed by atoms with Crippen molar-refractivity contribution in [2.75, 3.05) is 20.1 Å². The lowest BCUT2D eigenvalue weighted by Crippen LogP contribution is -2.29. The Bertz CT molecular complexity index is 228. The van der Waals surface area contributed by atoms with Gasteiger partial charge in [-0.25, -0.2) is 4.79 Å². The van der Waals surface area contributed by atoms with Crippen molar-refractivity contribution in [3.8, 4) is 0 Å². The van der Waals surface area contributed by atoms with Crippen LogP contribution in [0.25, 0.3) is 0 Å². The van der Waals surface area contributed by atoms with Gasteiger partial charge in [-0.1, -0.05) is 13.5 Å². The molecule has 0 fully saturated rings. The third-order valence-corrected chi connectivity index (χ3v) is 1.75. The van der Waals surface area contributed by atoms with Crippen molar-refractivity contribution in [2.24, 2.45) is 0 Å². The molecular weight excluding hydrogens is 190 g/mol. The Labute approximate surface area is 93.1 Å². The van der Waals surface area contributed by atoms with E-state index in [1.54, 1.807) is 0 Å². The molecular formula is C12H23NO2. The number of carbonyl (C=O) groups is 1. The highest BCUT2D eigenvalue weighted by molar-refractivity contribution is 5.88. The fourth-order valence-electron chi connectivity index (χ4n) is 1.20. The average Bonchev–Trinajstić information content (AvgIpc) is 2.00. The zero-order valence-corrected chi connectivity index (χ0v) is 10.6. The summed E-state index contributed by atoms with van der Waals surface area (Å²) in [6, 6.07) is 0. The number of ether oxygens (including phenoxy) is 1. The van der Waals surface area contributed by atoms with Gasteiger partial charge >= 0.3 is 5.97 Å². The normalized spacial score (nSPS) is 11.6. The first-order valence-corrected chi connectivity index (χ1v) is 5.36. The van der Waals surface area contributed by atoms with Crippen molar-refractivity contribution in [1.29, 1.82) is 0 Å². The molecule has 0 spiro atoms. The summed E-state index contributed by atoms with van der Waals surface area (Å²) in [6.07, 6.45) is 1.07. The van der Waals surface area contributed by atoms with Crippen LogP contribution in [0, 0.1) is 0 Å². The van der Waals surface area contributed by atoms with Gasteiger partial charge in [0.25, 0.3) is 0 Å². The maximum absolute atomic E-state index is 11.5. The van der Waals surface area contributed by atoms with E-state index in [0.717, 1.165) is 13.0 Å². The molecule has 0 bridgehead atoms. The predicted molar refractivity (Wildman–Crippen MR) is 62.8 cm³/mol. The maximum atomic E-state index is 11.5. The highest BCUT2D eigenvalue weighted by Gasteiger charge is 2.19. The van der Waals surface area contributed by atoms with Gasteiger partial charge in [-0.2, -0.15) is 0 Å². The number of hydrogen-bond donors (Lipinski definition) is 0. The van der Waals surface area contributed by atoms with Crippen LogP contribution in [0.4, 0.5) is 0 Å². The molecule has 0 saturated heterocycles. The summed E-state index contributed by atoms with van der Waals surface area (Å²) in [5.41, 5.74) is 0.0736. The van der Waals surface area contributed by atoms with Crippen LogP contribution < -0.4 is 0 Å². The lowest BCUT2D eigenvalue weighted by Gasteiger charge is -2.22. The largest absolute Gasteiger partial charge is 0.457 e. The molecule has 0 saturated carbocycles. The molecule has 0 N–H and O–H groups in total. The molecule has 88 valence electrons. The monoisotopic (exact) mass is 213 g/mol. The third-order valence-electron chi connectivity index (χ3n) is 1.75. The molecule has 0 heterocycles. The van der Waals surface area contributed by atoms with Crippen molar-refractivity contribution in [1.82, 2.24) is 4.90 Å². The van der Waals surface area contributed by atoms with Gasteiger partial charge in [0.05, 0.1) is 0 Å². The summed E-state index contributed by atoms with van der Waals surface area (Å²) >= 11 is 0. The summed E-state index contributed by atoms with van der Waals surface area (Å²) < 4.78 is 5.21. The zero-order valence-electron chi connectivity index (χ0n) is 10.6. The Kier molecular flexibility index (Phi) is 5.58. The van der Waals surface area contributed by atoms with Gasteiger partial charge in [-0.05, 0) is 40.8 Å². The number of nitrogens with zero attached hydrogens (tertiary/aromatic N) is 1. The molecule has 0 radical (unpaired) electrons. The smallest absolute Gasteiger partial charge is 0.335 e. The van der Waals surface area contributed by atoms with E-state index in [1.807, 2.05) is 27.8 Å². The molecule has 3 heteroatoms. The van der Waals surface area contributed by atoms with Crippen LogP contribution in [0.1, 0.15) is 34.1 Å². The molecule has 0 aromatic rings. The molecule has 0 aromatic carbocycles. The number of carbonyl (C=O) groups excluding carboxylic acids is 1. The van der Waals surface area contributed by atoms with Crippen LogP contribution in [-0.4, -0.2) is 36.6 Å². The van der Waals surface area contributed by atoms with Gasteiger partial charge in [0.15, 0.2) is 0 Å². The minimum atomic E-state index is -0.441. The Hall–Kier alpha value is -0.830. The molecule has 3 nitrogen and oxygen atoms in total. The quantitative estimate of drug-likeness (QED) is 0.518. The lowest BCUT2D eigenvalue weighted by atomic mass is 10.2. The molecule has 0 rings (SSSR count). The number of esters is 1. The summed E-state index contributed by atoms with van der Waals surface area (Å²) in [6.45, 7) is 12.9. The first-order valence-electron chi connectivity index (χ1n) is 5.36. The molecule has 0 aromatic heterocycles. The van der Waals surface area contributed by atoms with E-state index in [0.29, 0.717) is 12.1 Å². The molecule has 0 aliphatic carbocycles. The summed E-state index contributed by atoms with van der Waals surface area (Å²) in [5.74, 6) is -0.301. The standard InChI is InChI=1S/C12H23NO2/c1-7-8-13(6)9-10(2)11(14)15-12(3,4)5/h2,7-9H2,1,3-6H3. The van der Waals surface area contributed by atoms with Crippen LogP contribution in [0.15, 0.2) is 12.2 Å². The second-order valence-electron chi connectivity index (χ2n) is 4.84. The molecule has 0 aliphatic heterocycles. The molecule has 0 amide bonds. The van der Waals surface area contributed by atoms with Crippen molar-refractivity contribution in [3.63, 3.8) is 0 Å². The highest BCUT2D eigenvalue weighted by Crippen LogP contribution is 2.10. The fraction of sp³-hybridized carbons (Fsp3) is 0.750. The second-order valence-corrected chi connectivity index (χ2v) is 4.84. The van der Waals surface area contributed by atoms with Gasteiger partial charge in [0, 0.05) is 12.1 Å².